The highest BCUT2D eigenvalue weighted by Crippen LogP contribution is 2.25. The molecule has 38 heavy (non-hydrogen) atoms. The first-order valence-electron chi connectivity index (χ1n) is 12.8. The Labute approximate surface area is 226 Å². The molecule has 0 saturated carbocycles. The van der Waals surface area contributed by atoms with Gasteiger partial charge in [-0.2, -0.15) is 0 Å². The second kappa shape index (κ2) is 12.7. The highest BCUT2D eigenvalue weighted by Gasteiger charge is 2.32. The molecule has 0 aliphatic heterocycles. The van der Waals surface area contributed by atoms with Gasteiger partial charge in [0.2, 0.25) is 11.8 Å². The average Bonchev–Trinajstić information content (AvgIpc) is 2.90. The van der Waals surface area contributed by atoms with Crippen molar-refractivity contribution < 1.29 is 18.0 Å². The van der Waals surface area contributed by atoms with Crippen molar-refractivity contribution in [2.24, 2.45) is 0 Å². The molecule has 3 aromatic rings. The summed E-state index contributed by atoms with van der Waals surface area (Å²) in [7, 11) is -4.06. The van der Waals surface area contributed by atoms with Crippen molar-refractivity contribution in [1.82, 2.24) is 10.2 Å². The maximum absolute atomic E-state index is 13.9. The summed E-state index contributed by atoms with van der Waals surface area (Å²) in [5.41, 5.74) is 3.13. The van der Waals surface area contributed by atoms with E-state index in [2.05, 4.69) is 5.32 Å². The van der Waals surface area contributed by atoms with Gasteiger partial charge in [0.25, 0.3) is 10.0 Å². The Morgan fingerprint density at radius 2 is 1.50 bits per heavy atom. The standard InChI is InChI=1S/C30H37N3O4S/c1-6-24(4)31-30(35)25(5)32(20-26-14-10-12-22(2)18-26)29(34)21-33(27-15-11-13-23(3)19-27)38(36,37)28-16-8-7-9-17-28/h7-19,24-25H,6,20-21H2,1-5H3,(H,31,35)/t24-,25+/m1/s1. The quantitative estimate of drug-likeness (QED) is 0.381. The van der Waals surface area contributed by atoms with Gasteiger partial charge < -0.3 is 10.2 Å². The second-order valence-corrected chi connectivity index (χ2v) is 11.5. The van der Waals surface area contributed by atoms with Crippen LogP contribution in [-0.2, 0) is 26.2 Å². The van der Waals surface area contributed by atoms with E-state index in [1.54, 1.807) is 43.3 Å². The van der Waals surface area contributed by atoms with Gasteiger partial charge in [-0.05, 0) is 69.5 Å². The lowest BCUT2D eigenvalue weighted by Crippen LogP contribution is -2.52. The van der Waals surface area contributed by atoms with Gasteiger partial charge in [0.05, 0.1) is 10.6 Å². The number of benzene rings is 3. The molecule has 0 spiro atoms. The van der Waals surface area contributed by atoms with E-state index in [9.17, 15) is 18.0 Å². The summed E-state index contributed by atoms with van der Waals surface area (Å²) in [5.74, 6) is -0.757. The van der Waals surface area contributed by atoms with Crippen LogP contribution in [0.15, 0.2) is 83.8 Å². The van der Waals surface area contributed by atoms with Crippen molar-refractivity contribution >= 4 is 27.5 Å². The van der Waals surface area contributed by atoms with Crippen LogP contribution in [0, 0.1) is 13.8 Å². The third-order valence-corrected chi connectivity index (χ3v) is 8.29. The summed E-state index contributed by atoms with van der Waals surface area (Å²) in [6, 6.07) is 21.9. The highest BCUT2D eigenvalue weighted by atomic mass is 32.2. The number of anilines is 1. The van der Waals surface area contributed by atoms with Gasteiger partial charge in [0, 0.05) is 12.6 Å². The van der Waals surface area contributed by atoms with Crippen LogP contribution in [0.25, 0.3) is 0 Å². The lowest BCUT2D eigenvalue weighted by Gasteiger charge is -2.32. The van der Waals surface area contributed by atoms with E-state index in [-0.39, 0.29) is 23.4 Å². The molecule has 1 N–H and O–H groups in total. The molecule has 0 heterocycles. The first-order valence-corrected chi connectivity index (χ1v) is 14.3. The number of nitrogens with zero attached hydrogens (tertiary/aromatic N) is 2. The number of carbonyl (C=O) groups is 2. The fourth-order valence-electron chi connectivity index (χ4n) is 4.09. The molecule has 0 aliphatic rings. The first-order chi connectivity index (χ1) is 18.0. The van der Waals surface area contributed by atoms with Crippen LogP contribution in [0.4, 0.5) is 5.69 Å². The van der Waals surface area contributed by atoms with Crippen molar-refractivity contribution in [3.63, 3.8) is 0 Å². The van der Waals surface area contributed by atoms with Crippen LogP contribution in [0.2, 0.25) is 0 Å². The van der Waals surface area contributed by atoms with Crippen LogP contribution in [0.5, 0.6) is 0 Å². The Kier molecular flexibility index (Phi) is 9.69. The lowest BCUT2D eigenvalue weighted by atomic mass is 10.1. The van der Waals surface area contributed by atoms with Crippen molar-refractivity contribution in [1.29, 1.82) is 0 Å². The minimum absolute atomic E-state index is 0.0527. The molecule has 3 aromatic carbocycles. The molecule has 0 unspecified atom stereocenters. The van der Waals surface area contributed by atoms with E-state index < -0.39 is 28.5 Å². The summed E-state index contributed by atoms with van der Waals surface area (Å²) in [5, 5.41) is 2.95. The van der Waals surface area contributed by atoms with Gasteiger partial charge in [-0.25, -0.2) is 8.42 Å². The minimum atomic E-state index is -4.06. The predicted octanol–water partition coefficient (Wildman–Crippen LogP) is 4.83. The summed E-state index contributed by atoms with van der Waals surface area (Å²) >= 11 is 0. The van der Waals surface area contributed by atoms with Gasteiger partial charge in [-0.3, -0.25) is 13.9 Å². The van der Waals surface area contributed by atoms with Gasteiger partial charge >= 0.3 is 0 Å². The van der Waals surface area contributed by atoms with E-state index >= 15 is 0 Å². The lowest BCUT2D eigenvalue weighted by molar-refractivity contribution is -0.139. The van der Waals surface area contributed by atoms with E-state index in [0.29, 0.717) is 5.69 Å². The van der Waals surface area contributed by atoms with Crippen LogP contribution < -0.4 is 9.62 Å². The SMILES string of the molecule is CC[C@@H](C)NC(=O)[C@H](C)N(Cc1cccc(C)c1)C(=O)CN(c1cccc(C)c1)S(=O)(=O)c1ccccc1. The molecular formula is C30H37N3O4S. The molecule has 0 radical (unpaired) electrons. The molecule has 0 fully saturated rings. The number of sulfonamides is 1. The number of hydrogen-bond acceptors (Lipinski definition) is 4. The molecule has 202 valence electrons. The third kappa shape index (κ3) is 7.22. The van der Waals surface area contributed by atoms with Crippen LogP contribution in [-0.4, -0.2) is 43.8 Å². The first kappa shape index (κ1) is 28.9. The summed E-state index contributed by atoms with van der Waals surface area (Å²) in [4.78, 5) is 28.6. The zero-order valence-corrected chi connectivity index (χ0v) is 23.5. The summed E-state index contributed by atoms with van der Waals surface area (Å²) < 4.78 is 28.7. The maximum atomic E-state index is 13.9. The molecular weight excluding hydrogens is 498 g/mol. The molecule has 0 bridgehead atoms. The molecule has 0 aliphatic carbocycles. The maximum Gasteiger partial charge on any atom is 0.264 e. The molecule has 0 aromatic heterocycles. The minimum Gasteiger partial charge on any atom is -0.352 e. The van der Waals surface area contributed by atoms with Crippen molar-refractivity contribution in [3.05, 3.63) is 95.6 Å². The normalized spacial score (nSPS) is 12.9. The van der Waals surface area contributed by atoms with Crippen molar-refractivity contribution in [3.8, 4) is 0 Å². The van der Waals surface area contributed by atoms with Crippen LogP contribution in [0.3, 0.4) is 0 Å². The fourth-order valence-corrected chi connectivity index (χ4v) is 5.51. The van der Waals surface area contributed by atoms with E-state index in [0.717, 1.165) is 27.4 Å². The summed E-state index contributed by atoms with van der Waals surface area (Å²) in [6.07, 6.45) is 0.751. The number of amides is 2. The topological polar surface area (TPSA) is 86.8 Å². The molecule has 7 nitrogen and oxygen atoms in total. The van der Waals surface area contributed by atoms with Crippen LogP contribution in [0.1, 0.15) is 43.9 Å². The molecule has 0 saturated heterocycles. The number of hydrogen-bond donors (Lipinski definition) is 1. The van der Waals surface area contributed by atoms with Gasteiger partial charge in [0.15, 0.2) is 0 Å². The van der Waals surface area contributed by atoms with Gasteiger partial charge in [0.1, 0.15) is 12.6 Å². The van der Waals surface area contributed by atoms with E-state index in [4.69, 9.17) is 0 Å². The Balaban J connectivity index is 2.02. The Hall–Kier alpha value is -3.65. The summed E-state index contributed by atoms with van der Waals surface area (Å²) in [6.45, 7) is 9.09. The fraction of sp³-hybridized carbons (Fsp3) is 0.333. The molecule has 3 rings (SSSR count). The van der Waals surface area contributed by atoms with Crippen molar-refractivity contribution in [2.75, 3.05) is 10.8 Å². The second-order valence-electron chi connectivity index (χ2n) is 9.67. The predicted molar refractivity (Wildman–Crippen MR) is 151 cm³/mol. The number of carbonyl (C=O) groups excluding carboxylic acids is 2. The van der Waals surface area contributed by atoms with Crippen LogP contribution >= 0.6 is 0 Å². The molecule has 8 heteroatoms. The average molecular weight is 536 g/mol. The van der Waals surface area contributed by atoms with Gasteiger partial charge in [-0.1, -0.05) is 67.1 Å². The van der Waals surface area contributed by atoms with Gasteiger partial charge in [-0.15, -0.1) is 0 Å². The monoisotopic (exact) mass is 535 g/mol. The van der Waals surface area contributed by atoms with E-state index in [1.165, 1.54) is 17.0 Å². The highest BCUT2D eigenvalue weighted by molar-refractivity contribution is 7.92. The van der Waals surface area contributed by atoms with Crippen molar-refractivity contribution in [2.45, 2.75) is 64.6 Å². The molecule has 2 amide bonds. The number of rotatable bonds is 11. The largest absolute Gasteiger partial charge is 0.352 e. The zero-order chi connectivity index (χ0) is 27.9. The number of aryl methyl sites for hydroxylation is 2. The molecule has 2 atom stereocenters. The Morgan fingerprint density at radius 1 is 0.868 bits per heavy atom. The van der Waals surface area contributed by atoms with E-state index in [1.807, 2.05) is 58.0 Å². The Morgan fingerprint density at radius 3 is 2.11 bits per heavy atom. The smallest absolute Gasteiger partial charge is 0.264 e. The third-order valence-electron chi connectivity index (χ3n) is 6.50. The Bertz CT molecular complexity index is 1360. The number of nitrogens with one attached hydrogen (secondary N) is 1. The zero-order valence-electron chi connectivity index (χ0n) is 22.7.